The van der Waals surface area contributed by atoms with Gasteiger partial charge < -0.3 is 23.7 Å². The number of hydrogen-bond acceptors (Lipinski definition) is 3. The molecule has 2 aromatic heterocycles. The summed E-state index contributed by atoms with van der Waals surface area (Å²) in [6, 6.07) is 32.2. The van der Waals surface area contributed by atoms with Crippen LogP contribution in [0.1, 0.15) is 64.2 Å². The van der Waals surface area contributed by atoms with Crippen LogP contribution in [-0.2, 0) is 17.9 Å². The molecule has 0 radical (unpaired) electrons. The second kappa shape index (κ2) is 13.3. The third kappa shape index (κ3) is 5.96. The lowest BCUT2D eigenvalue weighted by Crippen LogP contribution is -2.46. The number of amides is 2. The van der Waals surface area contributed by atoms with E-state index in [1.807, 2.05) is 64.4 Å². The first-order chi connectivity index (χ1) is 23.0. The molecule has 2 atom stereocenters. The summed E-state index contributed by atoms with van der Waals surface area (Å²) in [7, 11) is 1.60. The number of benzene rings is 3. The Bertz CT molecular complexity index is 1840. The molecular weight excluding hydrogens is 591 g/mol. The van der Waals surface area contributed by atoms with Crippen molar-refractivity contribution in [3.63, 3.8) is 0 Å². The van der Waals surface area contributed by atoms with Crippen molar-refractivity contribution < 1.29 is 18.7 Å². The molecule has 1 saturated carbocycles. The fraction of sp³-hybridized carbons (Fsp3) is 0.282. The van der Waals surface area contributed by atoms with Crippen molar-refractivity contribution in [2.75, 3.05) is 20.2 Å². The lowest BCUT2D eigenvalue weighted by atomic mass is 9.83. The van der Waals surface area contributed by atoms with Gasteiger partial charge in [-0.3, -0.25) is 9.59 Å². The molecule has 0 bridgehead atoms. The molecule has 1 aliphatic carbocycles. The van der Waals surface area contributed by atoms with E-state index in [0.717, 1.165) is 61.4 Å². The zero-order chi connectivity index (χ0) is 32.3. The molecule has 240 valence electrons. The molecule has 0 N–H and O–H groups in total. The number of para-hydroxylation sites is 1. The Labute approximate surface area is 274 Å². The van der Waals surface area contributed by atoms with Crippen LogP contribution in [0.15, 0.2) is 116 Å². The maximum absolute atomic E-state index is 13.3. The number of methoxy groups -OCH3 is 1. The first-order valence-corrected chi connectivity index (χ1v) is 16.4. The topological polar surface area (TPSA) is 59.7 Å². The summed E-state index contributed by atoms with van der Waals surface area (Å²) in [5, 5.41) is 0. The minimum absolute atomic E-state index is 0.00115. The van der Waals surface area contributed by atoms with Gasteiger partial charge in [-0.05, 0) is 72.5 Å². The van der Waals surface area contributed by atoms with Crippen molar-refractivity contribution >= 4 is 11.8 Å². The predicted molar refractivity (Wildman–Crippen MR) is 178 cm³/mol. The van der Waals surface area contributed by atoms with Gasteiger partial charge in [-0.15, -0.1) is 0 Å². The third-order valence-corrected chi connectivity index (χ3v) is 9.71. The molecule has 2 aliphatic heterocycles. The fourth-order valence-electron chi connectivity index (χ4n) is 7.07. The van der Waals surface area contributed by atoms with Gasteiger partial charge in [-0.25, -0.2) is 4.39 Å². The van der Waals surface area contributed by atoms with Crippen molar-refractivity contribution in [3.05, 3.63) is 149 Å². The van der Waals surface area contributed by atoms with E-state index in [1.165, 1.54) is 12.1 Å². The number of hydrogen-bond donors (Lipinski definition) is 0. The van der Waals surface area contributed by atoms with E-state index in [1.54, 1.807) is 19.2 Å². The second-order valence-electron chi connectivity index (χ2n) is 12.4. The third-order valence-electron chi connectivity index (χ3n) is 9.71. The van der Waals surface area contributed by atoms with E-state index in [-0.39, 0.29) is 35.6 Å². The highest BCUT2D eigenvalue weighted by Gasteiger charge is 2.37. The lowest BCUT2D eigenvalue weighted by molar-refractivity contribution is -0.141. The first-order valence-electron chi connectivity index (χ1n) is 16.4. The molecule has 0 spiro atoms. The number of carbonyl (C=O) groups excluding carboxylic acids is 2. The summed E-state index contributed by atoms with van der Waals surface area (Å²) in [6.45, 7) is 3.02. The SMILES string of the molecule is COc1ccccc1C(=O)N1CCn2cccc2C1c1ccccc1.O=C(C1CCC1)N1CCn2cccc2C1c1ccc(F)cc1. The molecule has 4 heterocycles. The molecule has 7 nitrogen and oxygen atoms in total. The molecule has 5 aromatic rings. The van der Waals surface area contributed by atoms with Gasteiger partial charge in [0.25, 0.3) is 5.91 Å². The maximum Gasteiger partial charge on any atom is 0.258 e. The Hall–Kier alpha value is -5.11. The summed E-state index contributed by atoms with van der Waals surface area (Å²) in [5.74, 6) is 0.809. The molecule has 8 heteroatoms. The minimum atomic E-state index is -0.244. The average molecular weight is 631 g/mol. The van der Waals surface area contributed by atoms with Crippen LogP contribution in [0.5, 0.6) is 5.75 Å². The summed E-state index contributed by atoms with van der Waals surface area (Å²) < 4.78 is 23.1. The number of aromatic nitrogens is 2. The van der Waals surface area contributed by atoms with Crippen LogP contribution < -0.4 is 4.74 Å². The number of rotatable bonds is 5. The average Bonchev–Trinajstić information content (AvgIpc) is 3.77. The molecule has 0 saturated heterocycles. The van der Waals surface area contributed by atoms with Gasteiger partial charge in [-0.2, -0.15) is 0 Å². The number of fused-ring (bicyclic) bond motifs is 2. The van der Waals surface area contributed by atoms with Crippen molar-refractivity contribution in [2.24, 2.45) is 5.92 Å². The lowest BCUT2D eigenvalue weighted by Gasteiger charge is -2.40. The normalized spacial score (nSPS) is 18.7. The van der Waals surface area contributed by atoms with E-state index in [4.69, 9.17) is 4.74 Å². The zero-order valence-corrected chi connectivity index (χ0v) is 26.5. The molecule has 3 aromatic carbocycles. The van der Waals surface area contributed by atoms with Crippen LogP contribution in [-0.4, -0.2) is 50.9 Å². The van der Waals surface area contributed by atoms with Crippen molar-refractivity contribution in [3.8, 4) is 5.75 Å². The van der Waals surface area contributed by atoms with E-state index in [0.29, 0.717) is 17.9 Å². The Balaban J connectivity index is 0.000000151. The summed E-state index contributed by atoms with van der Waals surface area (Å²) >= 11 is 0. The molecule has 3 aliphatic rings. The fourth-order valence-corrected chi connectivity index (χ4v) is 7.07. The quantitative estimate of drug-likeness (QED) is 0.208. The van der Waals surface area contributed by atoms with Crippen LogP contribution in [0.4, 0.5) is 4.39 Å². The van der Waals surface area contributed by atoms with Crippen LogP contribution in [0.25, 0.3) is 0 Å². The molecule has 8 rings (SSSR count). The van der Waals surface area contributed by atoms with Crippen molar-refractivity contribution in [2.45, 2.75) is 44.4 Å². The van der Waals surface area contributed by atoms with Crippen LogP contribution in [0.3, 0.4) is 0 Å². The van der Waals surface area contributed by atoms with Gasteiger partial charge in [0.2, 0.25) is 5.91 Å². The number of carbonyl (C=O) groups is 2. The highest BCUT2D eigenvalue weighted by atomic mass is 19.1. The summed E-state index contributed by atoms with van der Waals surface area (Å²) in [6.07, 6.45) is 7.30. The van der Waals surface area contributed by atoms with Crippen LogP contribution in [0.2, 0.25) is 0 Å². The smallest absolute Gasteiger partial charge is 0.258 e. The van der Waals surface area contributed by atoms with E-state index in [2.05, 4.69) is 45.8 Å². The van der Waals surface area contributed by atoms with Crippen LogP contribution in [0, 0.1) is 11.7 Å². The highest BCUT2D eigenvalue weighted by molar-refractivity contribution is 5.97. The maximum atomic E-state index is 13.3. The van der Waals surface area contributed by atoms with Gasteiger partial charge in [0.15, 0.2) is 0 Å². The van der Waals surface area contributed by atoms with Crippen molar-refractivity contribution in [1.29, 1.82) is 0 Å². The Morgan fingerprint density at radius 2 is 1.23 bits per heavy atom. The summed E-state index contributed by atoms with van der Waals surface area (Å²) in [5.41, 5.74) is 4.95. The number of ether oxygens (including phenoxy) is 1. The number of nitrogens with zero attached hydrogens (tertiary/aromatic N) is 4. The van der Waals surface area contributed by atoms with E-state index >= 15 is 0 Å². The predicted octanol–water partition coefficient (Wildman–Crippen LogP) is 7.10. The molecule has 47 heavy (non-hydrogen) atoms. The van der Waals surface area contributed by atoms with Crippen molar-refractivity contribution in [1.82, 2.24) is 18.9 Å². The van der Waals surface area contributed by atoms with Crippen LogP contribution >= 0.6 is 0 Å². The van der Waals surface area contributed by atoms with Gasteiger partial charge in [0.05, 0.1) is 24.8 Å². The summed E-state index contributed by atoms with van der Waals surface area (Å²) in [4.78, 5) is 30.1. The largest absolute Gasteiger partial charge is 0.496 e. The zero-order valence-electron chi connectivity index (χ0n) is 26.5. The molecule has 2 amide bonds. The monoisotopic (exact) mass is 630 g/mol. The molecule has 1 fully saturated rings. The first kappa shape index (κ1) is 30.5. The Kier molecular flexibility index (Phi) is 8.66. The molecular formula is C39H39FN4O3. The van der Waals surface area contributed by atoms with Gasteiger partial charge in [-0.1, -0.05) is 61.0 Å². The molecule has 2 unspecified atom stereocenters. The second-order valence-corrected chi connectivity index (χ2v) is 12.4. The Morgan fingerprint density at radius 3 is 1.85 bits per heavy atom. The van der Waals surface area contributed by atoms with E-state index < -0.39 is 0 Å². The minimum Gasteiger partial charge on any atom is -0.496 e. The number of halogens is 1. The highest BCUT2D eigenvalue weighted by Crippen LogP contribution is 2.37. The van der Waals surface area contributed by atoms with E-state index in [9.17, 15) is 14.0 Å². The van der Waals surface area contributed by atoms with Gasteiger partial charge >= 0.3 is 0 Å². The standard InChI is InChI=1S/C21H20N2O2.C18H19FN2O/c1-25-19-12-6-5-10-17(19)21(24)23-15-14-22-13-7-11-18(22)20(23)16-8-3-2-4-9-16;19-15-8-6-13(7-9-15)17-16-5-2-10-20(16)11-12-21(17)18(22)14-3-1-4-14/h2-13,20H,14-15H2,1H3;2,5-10,14,17H,1,3-4,11-12H2. The Morgan fingerprint density at radius 1 is 0.660 bits per heavy atom. The van der Waals surface area contributed by atoms with Gasteiger partial charge in [0, 0.05) is 55.9 Å². The van der Waals surface area contributed by atoms with Gasteiger partial charge in [0.1, 0.15) is 11.6 Å².